The Kier molecular flexibility index (Phi) is 6.50. The quantitative estimate of drug-likeness (QED) is 0.743. The van der Waals surface area contributed by atoms with Crippen LogP contribution in [0.15, 0.2) is 26.9 Å². The van der Waals surface area contributed by atoms with Gasteiger partial charge in [0, 0.05) is 5.69 Å². The highest BCUT2D eigenvalue weighted by molar-refractivity contribution is 8.03. The zero-order chi connectivity index (χ0) is 17.0. The van der Waals surface area contributed by atoms with E-state index in [4.69, 9.17) is 0 Å². The van der Waals surface area contributed by atoms with Crippen LogP contribution >= 0.6 is 34.9 Å². The Bertz CT molecular complexity index is 685. The summed E-state index contributed by atoms with van der Waals surface area (Å²) in [4.78, 5) is 12.5. The third kappa shape index (κ3) is 4.71. The lowest BCUT2D eigenvalue weighted by atomic mass is 9.98. The molecule has 23 heavy (non-hydrogen) atoms. The van der Waals surface area contributed by atoms with E-state index < -0.39 is 0 Å². The molecule has 1 N–H and O–H groups in total. The first-order chi connectivity index (χ1) is 10.9. The molecule has 0 aliphatic rings. The van der Waals surface area contributed by atoms with Gasteiger partial charge in [-0.15, -0.1) is 10.2 Å². The van der Waals surface area contributed by atoms with Crippen LogP contribution in [-0.4, -0.2) is 27.6 Å². The lowest BCUT2D eigenvalue weighted by Gasteiger charge is -2.18. The first-order valence-corrected chi connectivity index (χ1v) is 10.3. The minimum absolute atomic E-state index is 0.00731. The van der Waals surface area contributed by atoms with Gasteiger partial charge >= 0.3 is 0 Å². The second-order valence-electron chi connectivity index (χ2n) is 5.48. The number of aryl methyl sites for hydroxylation is 1. The van der Waals surface area contributed by atoms with Crippen LogP contribution in [0.4, 0.5) is 5.69 Å². The van der Waals surface area contributed by atoms with Crippen LogP contribution in [0.25, 0.3) is 0 Å². The number of amides is 1. The van der Waals surface area contributed by atoms with Crippen molar-refractivity contribution in [1.29, 1.82) is 0 Å². The van der Waals surface area contributed by atoms with Gasteiger partial charge in [0.2, 0.25) is 5.91 Å². The van der Waals surface area contributed by atoms with E-state index in [0.717, 1.165) is 25.5 Å². The predicted molar refractivity (Wildman–Crippen MR) is 101 cm³/mol. The van der Waals surface area contributed by atoms with Gasteiger partial charge in [-0.05, 0) is 37.1 Å². The van der Waals surface area contributed by atoms with Crippen LogP contribution in [-0.2, 0) is 4.79 Å². The van der Waals surface area contributed by atoms with Crippen LogP contribution in [0.2, 0.25) is 0 Å². The maximum absolute atomic E-state index is 12.5. The van der Waals surface area contributed by atoms with E-state index in [1.807, 2.05) is 32.2 Å². The number of anilines is 1. The zero-order valence-electron chi connectivity index (χ0n) is 13.9. The number of rotatable bonds is 6. The first kappa shape index (κ1) is 18.3. The Morgan fingerprint density at radius 1 is 1.22 bits per heavy atom. The summed E-state index contributed by atoms with van der Waals surface area (Å²) in [5, 5.41) is 11.0. The highest BCUT2D eigenvalue weighted by Crippen LogP contribution is 2.32. The Morgan fingerprint density at radius 2 is 1.91 bits per heavy atom. The van der Waals surface area contributed by atoms with E-state index in [1.165, 1.54) is 23.1 Å². The van der Waals surface area contributed by atoms with E-state index >= 15 is 0 Å². The number of benzene rings is 1. The van der Waals surface area contributed by atoms with Gasteiger partial charge in [0.1, 0.15) is 0 Å². The van der Waals surface area contributed by atoms with Crippen molar-refractivity contribution in [2.24, 2.45) is 0 Å². The standard InChI is InChI=1S/C16H21N3OS3/c1-9(2)12-8-6-7-10(3)13(12)17-14(20)11(4)22-16-19-18-15(21-5)23-16/h6-9,11H,1-5H3,(H,17,20). The number of nitrogens with one attached hydrogen (secondary N) is 1. The summed E-state index contributed by atoms with van der Waals surface area (Å²) in [7, 11) is 0. The number of aromatic nitrogens is 2. The molecule has 0 bridgehead atoms. The van der Waals surface area contributed by atoms with Crippen molar-refractivity contribution < 1.29 is 4.79 Å². The molecule has 2 rings (SSSR count). The molecule has 1 aromatic heterocycles. The Morgan fingerprint density at radius 3 is 2.52 bits per heavy atom. The van der Waals surface area contributed by atoms with E-state index in [0.29, 0.717) is 5.92 Å². The third-order valence-electron chi connectivity index (χ3n) is 3.38. The summed E-state index contributed by atoms with van der Waals surface area (Å²) in [6.45, 7) is 8.18. The van der Waals surface area contributed by atoms with Crippen molar-refractivity contribution >= 4 is 46.5 Å². The van der Waals surface area contributed by atoms with Gasteiger partial charge in [0.25, 0.3) is 0 Å². The largest absolute Gasteiger partial charge is 0.325 e. The summed E-state index contributed by atoms with van der Waals surface area (Å²) < 4.78 is 1.74. The van der Waals surface area contributed by atoms with E-state index in [2.05, 4.69) is 35.4 Å². The Hall–Kier alpha value is -1.05. The molecular weight excluding hydrogens is 346 g/mol. The molecule has 4 nitrogen and oxygen atoms in total. The summed E-state index contributed by atoms with van der Waals surface area (Å²) in [5.41, 5.74) is 3.18. The number of carbonyl (C=O) groups excluding carboxylic acids is 1. The van der Waals surface area contributed by atoms with E-state index in [9.17, 15) is 4.79 Å². The van der Waals surface area contributed by atoms with Gasteiger partial charge in [0.15, 0.2) is 8.68 Å². The molecule has 0 aliphatic heterocycles. The maximum Gasteiger partial charge on any atom is 0.237 e. The average Bonchev–Trinajstić information content (AvgIpc) is 2.96. The molecule has 1 aromatic carbocycles. The van der Waals surface area contributed by atoms with E-state index in [-0.39, 0.29) is 11.2 Å². The number of hydrogen-bond acceptors (Lipinski definition) is 6. The van der Waals surface area contributed by atoms with Gasteiger partial charge in [-0.2, -0.15) is 0 Å². The molecule has 7 heteroatoms. The van der Waals surface area contributed by atoms with Crippen LogP contribution in [0, 0.1) is 6.92 Å². The average molecular weight is 368 g/mol. The normalized spacial score (nSPS) is 12.4. The van der Waals surface area contributed by atoms with Crippen molar-refractivity contribution in [3.05, 3.63) is 29.3 Å². The molecule has 0 aliphatic carbocycles. The molecule has 0 saturated heterocycles. The predicted octanol–water partition coefficient (Wildman–Crippen LogP) is 4.81. The summed E-state index contributed by atoms with van der Waals surface area (Å²) in [6.07, 6.45) is 1.97. The number of nitrogens with zero attached hydrogens (tertiary/aromatic N) is 2. The third-order valence-corrected chi connectivity index (χ3v) is 6.47. The molecule has 0 saturated carbocycles. The number of para-hydroxylation sites is 1. The van der Waals surface area contributed by atoms with Crippen molar-refractivity contribution in [2.45, 2.75) is 47.5 Å². The molecule has 1 unspecified atom stereocenters. The molecule has 1 amide bonds. The SMILES string of the molecule is CSc1nnc(SC(C)C(=O)Nc2c(C)cccc2C(C)C)s1. The van der Waals surface area contributed by atoms with Gasteiger partial charge in [-0.25, -0.2) is 0 Å². The minimum Gasteiger partial charge on any atom is -0.325 e. The first-order valence-electron chi connectivity index (χ1n) is 7.37. The fourth-order valence-corrected chi connectivity index (χ4v) is 4.68. The number of carbonyl (C=O) groups is 1. The fraction of sp³-hybridized carbons (Fsp3) is 0.438. The topological polar surface area (TPSA) is 54.9 Å². The van der Waals surface area contributed by atoms with Gasteiger partial charge in [-0.3, -0.25) is 4.79 Å². The molecular formula is C16H21N3OS3. The zero-order valence-corrected chi connectivity index (χ0v) is 16.4. The van der Waals surface area contributed by atoms with E-state index in [1.54, 1.807) is 11.8 Å². The van der Waals surface area contributed by atoms with Crippen molar-refractivity contribution in [2.75, 3.05) is 11.6 Å². The smallest absolute Gasteiger partial charge is 0.237 e. The monoisotopic (exact) mass is 367 g/mol. The van der Waals surface area contributed by atoms with Gasteiger partial charge < -0.3 is 5.32 Å². The van der Waals surface area contributed by atoms with Gasteiger partial charge in [0.05, 0.1) is 5.25 Å². The molecule has 124 valence electrons. The van der Waals surface area contributed by atoms with Crippen LogP contribution < -0.4 is 5.32 Å². The lowest BCUT2D eigenvalue weighted by Crippen LogP contribution is -2.23. The molecule has 2 aromatic rings. The van der Waals surface area contributed by atoms with Crippen LogP contribution in [0.3, 0.4) is 0 Å². The second kappa shape index (κ2) is 8.17. The Balaban J connectivity index is 2.09. The number of hydrogen-bond donors (Lipinski definition) is 1. The molecule has 1 atom stereocenters. The summed E-state index contributed by atoms with van der Waals surface area (Å²) in [5.74, 6) is 0.354. The molecule has 1 heterocycles. The van der Waals surface area contributed by atoms with Crippen molar-refractivity contribution in [1.82, 2.24) is 10.2 Å². The molecule has 0 fully saturated rings. The van der Waals surface area contributed by atoms with Crippen LogP contribution in [0.5, 0.6) is 0 Å². The van der Waals surface area contributed by atoms with Crippen LogP contribution in [0.1, 0.15) is 37.8 Å². The van der Waals surface area contributed by atoms with Crippen molar-refractivity contribution in [3.8, 4) is 0 Å². The molecule has 0 spiro atoms. The van der Waals surface area contributed by atoms with Crippen molar-refractivity contribution in [3.63, 3.8) is 0 Å². The fourth-order valence-electron chi connectivity index (χ4n) is 2.10. The summed E-state index contributed by atoms with van der Waals surface area (Å²) in [6, 6.07) is 6.12. The molecule has 0 radical (unpaired) electrons. The lowest BCUT2D eigenvalue weighted by molar-refractivity contribution is -0.115. The highest BCUT2D eigenvalue weighted by atomic mass is 32.2. The summed E-state index contributed by atoms with van der Waals surface area (Å²) >= 11 is 4.53. The highest BCUT2D eigenvalue weighted by Gasteiger charge is 2.19. The van der Waals surface area contributed by atoms with Gasteiger partial charge in [-0.1, -0.05) is 66.9 Å². The Labute approximate surface area is 149 Å². The number of thioether (sulfide) groups is 2. The minimum atomic E-state index is -0.225. The maximum atomic E-state index is 12.5. The second-order valence-corrected chi connectivity index (χ2v) is 9.10.